The highest BCUT2D eigenvalue weighted by atomic mass is 16.2. The van der Waals surface area contributed by atoms with Crippen molar-refractivity contribution in [3.8, 4) is 0 Å². The Morgan fingerprint density at radius 1 is 1.00 bits per heavy atom. The Hall–Kier alpha value is -2.82. The van der Waals surface area contributed by atoms with E-state index in [0.717, 1.165) is 16.7 Å². The third-order valence-corrected chi connectivity index (χ3v) is 4.69. The molecule has 0 fully saturated rings. The molecule has 2 N–H and O–H groups in total. The number of carbonyl (C=O) groups is 2. The zero-order chi connectivity index (χ0) is 20.0. The third-order valence-electron chi connectivity index (χ3n) is 4.69. The van der Waals surface area contributed by atoms with Crippen molar-refractivity contribution in [3.05, 3.63) is 64.7 Å². The van der Waals surface area contributed by atoms with Crippen molar-refractivity contribution in [2.75, 3.05) is 18.4 Å². The van der Waals surface area contributed by atoms with Gasteiger partial charge in [-0.25, -0.2) is 4.79 Å². The molecular weight excluding hydrogens is 338 g/mol. The Balaban J connectivity index is 1.99. The molecule has 2 aromatic carbocycles. The quantitative estimate of drug-likeness (QED) is 0.779. The minimum absolute atomic E-state index is 0.000420. The molecule has 1 unspecified atom stereocenters. The normalized spacial score (nSPS) is 11.6. The summed E-state index contributed by atoms with van der Waals surface area (Å²) >= 11 is 0. The first-order chi connectivity index (χ1) is 12.8. The molecule has 0 bridgehead atoms. The van der Waals surface area contributed by atoms with Crippen LogP contribution in [0.4, 0.5) is 10.5 Å². The van der Waals surface area contributed by atoms with Crippen molar-refractivity contribution in [2.24, 2.45) is 0 Å². The second-order valence-corrected chi connectivity index (χ2v) is 6.73. The number of rotatable bonds is 6. The van der Waals surface area contributed by atoms with Crippen LogP contribution < -0.4 is 10.6 Å². The Kier molecular flexibility index (Phi) is 6.99. The maximum atomic E-state index is 12.3. The Bertz CT molecular complexity index is 796. The molecule has 1 atom stereocenters. The van der Waals surface area contributed by atoms with Crippen LogP contribution in [-0.4, -0.2) is 29.9 Å². The van der Waals surface area contributed by atoms with Gasteiger partial charge in [0.1, 0.15) is 0 Å². The summed E-state index contributed by atoms with van der Waals surface area (Å²) in [6.07, 6.45) is 0. The van der Waals surface area contributed by atoms with Gasteiger partial charge in [0.05, 0.1) is 6.04 Å². The van der Waals surface area contributed by atoms with Gasteiger partial charge in [0, 0.05) is 24.3 Å². The topological polar surface area (TPSA) is 61.4 Å². The molecule has 0 spiro atoms. The largest absolute Gasteiger partial charge is 0.339 e. The van der Waals surface area contributed by atoms with E-state index in [1.165, 1.54) is 0 Å². The van der Waals surface area contributed by atoms with Gasteiger partial charge < -0.3 is 15.5 Å². The highest BCUT2D eigenvalue weighted by Gasteiger charge is 2.14. The lowest BCUT2D eigenvalue weighted by Gasteiger charge is -2.19. The summed E-state index contributed by atoms with van der Waals surface area (Å²) < 4.78 is 0. The zero-order valence-corrected chi connectivity index (χ0v) is 16.8. The SMILES string of the molecule is CCN(CC)C(=O)c1ccc(NC(=O)NC(C)c2cc(C)ccc2C)cc1. The first-order valence-corrected chi connectivity index (χ1v) is 9.39. The fourth-order valence-electron chi connectivity index (χ4n) is 3.06. The van der Waals surface area contributed by atoms with E-state index in [1.807, 2.05) is 34.6 Å². The van der Waals surface area contributed by atoms with Crippen LogP contribution >= 0.6 is 0 Å². The molecule has 3 amide bonds. The molecule has 5 heteroatoms. The van der Waals surface area contributed by atoms with Gasteiger partial charge in [0.25, 0.3) is 5.91 Å². The molecule has 2 aromatic rings. The molecule has 0 aliphatic heterocycles. The smallest absolute Gasteiger partial charge is 0.319 e. The Labute approximate surface area is 161 Å². The zero-order valence-electron chi connectivity index (χ0n) is 16.8. The minimum atomic E-state index is -0.272. The maximum absolute atomic E-state index is 12.3. The van der Waals surface area contributed by atoms with Gasteiger partial charge in [-0.3, -0.25) is 4.79 Å². The van der Waals surface area contributed by atoms with Crippen molar-refractivity contribution < 1.29 is 9.59 Å². The molecule has 2 rings (SSSR count). The van der Waals surface area contributed by atoms with Crippen LogP contribution in [0.15, 0.2) is 42.5 Å². The summed E-state index contributed by atoms with van der Waals surface area (Å²) in [6.45, 7) is 11.3. The lowest BCUT2D eigenvalue weighted by molar-refractivity contribution is 0.0773. The van der Waals surface area contributed by atoms with Crippen LogP contribution in [0.3, 0.4) is 0 Å². The lowest BCUT2D eigenvalue weighted by atomic mass is 10.0. The molecular formula is C22H29N3O2. The van der Waals surface area contributed by atoms with E-state index in [9.17, 15) is 9.59 Å². The van der Waals surface area contributed by atoms with Gasteiger partial charge in [-0.2, -0.15) is 0 Å². The second-order valence-electron chi connectivity index (χ2n) is 6.73. The first-order valence-electron chi connectivity index (χ1n) is 9.39. The summed E-state index contributed by atoms with van der Waals surface area (Å²) in [5.74, 6) is -0.000420. The minimum Gasteiger partial charge on any atom is -0.339 e. The molecule has 0 heterocycles. The van der Waals surface area contributed by atoms with Gasteiger partial charge >= 0.3 is 6.03 Å². The van der Waals surface area contributed by atoms with E-state index in [2.05, 4.69) is 28.8 Å². The molecule has 0 saturated heterocycles. The average molecular weight is 367 g/mol. The second kappa shape index (κ2) is 9.21. The van der Waals surface area contributed by atoms with E-state index in [0.29, 0.717) is 24.3 Å². The van der Waals surface area contributed by atoms with Crippen molar-refractivity contribution in [2.45, 2.75) is 40.7 Å². The lowest BCUT2D eigenvalue weighted by Crippen LogP contribution is -2.32. The van der Waals surface area contributed by atoms with Crippen LogP contribution in [0.25, 0.3) is 0 Å². The fourth-order valence-corrected chi connectivity index (χ4v) is 3.06. The predicted molar refractivity (Wildman–Crippen MR) is 110 cm³/mol. The number of hydrogen-bond donors (Lipinski definition) is 2. The average Bonchev–Trinajstić information content (AvgIpc) is 2.65. The maximum Gasteiger partial charge on any atom is 0.319 e. The number of aryl methyl sites for hydroxylation is 2. The van der Waals surface area contributed by atoms with Crippen LogP contribution in [0.5, 0.6) is 0 Å². The van der Waals surface area contributed by atoms with Gasteiger partial charge in [-0.05, 0) is 70.0 Å². The van der Waals surface area contributed by atoms with Crippen molar-refractivity contribution in [1.29, 1.82) is 0 Å². The summed E-state index contributed by atoms with van der Waals surface area (Å²) in [4.78, 5) is 26.4. The Morgan fingerprint density at radius 2 is 1.63 bits per heavy atom. The number of nitrogens with one attached hydrogen (secondary N) is 2. The molecule has 144 valence electrons. The summed E-state index contributed by atoms with van der Waals surface area (Å²) in [7, 11) is 0. The van der Waals surface area contributed by atoms with Crippen LogP contribution in [0.2, 0.25) is 0 Å². The van der Waals surface area contributed by atoms with Gasteiger partial charge in [-0.15, -0.1) is 0 Å². The summed E-state index contributed by atoms with van der Waals surface area (Å²) in [6, 6.07) is 12.8. The molecule has 27 heavy (non-hydrogen) atoms. The number of urea groups is 1. The fraction of sp³-hybridized carbons (Fsp3) is 0.364. The Morgan fingerprint density at radius 3 is 2.22 bits per heavy atom. The van der Waals surface area contributed by atoms with E-state index >= 15 is 0 Å². The highest BCUT2D eigenvalue weighted by Crippen LogP contribution is 2.19. The monoisotopic (exact) mass is 367 g/mol. The van der Waals surface area contributed by atoms with E-state index in [1.54, 1.807) is 29.2 Å². The van der Waals surface area contributed by atoms with E-state index in [-0.39, 0.29) is 18.0 Å². The third kappa shape index (κ3) is 5.33. The number of hydrogen-bond acceptors (Lipinski definition) is 2. The van der Waals surface area contributed by atoms with E-state index < -0.39 is 0 Å². The molecule has 5 nitrogen and oxygen atoms in total. The molecule has 0 aliphatic carbocycles. The predicted octanol–water partition coefficient (Wildman–Crippen LogP) is 4.67. The number of nitrogens with zero attached hydrogens (tertiary/aromatic N) is 1. The van der Waals surface area contributed by atoms with Gasteiger partial charge in [0.15, 0.2) is 0 Å². The summed E-state index contributed by atoms with van der Waals surface area (Å²) in [5, 5.41) is 5.79. The molecule has 0 radical (unpaired) electrons. The van der Waals surface area contributed by atoms with Crippen LogP contribution in [-0.2, 0) is 0 Å². The van der Waals surface area contributed by atoms with Gasteiger partial charge in [0.2, 0.25) is 0 Å². The number of benzene rings is 2. The standard InChI is InChI=1S/C22H29N3O2/c1-6-25(7-2)21(26)18-10-12-19(13-11-18)24-22(27)23-17(5)20-14-15(3)8-9-16(20)4/h8-14,17H,6-7H2,1-5H3,(H2,23,24,27). The van der Waals surface area contributed by atoms with Crippen molar-refractivity contribution in [1.82, 2.24) is 10.2 Å². The number of amides is 3. The van der Waals surface area contributed by atoms with E-state index in [4.69, 9.17) is 0 Å². The van der Waals surface area contributed by atoms with Crippen molar-refractivity contribution >= 4 is 17.6 Å². The number of carbonyl (C=O) groups excluding carboxylic acids is 2. The van der Waals surface area contributed by atoms with Crippen LogP contribution in [0, 0.1) is 13.8 Å². The molecule has 0 aliphatic rings. The molecule has 0 aromatic heterocycles. The first kappa shape index (κ1) is 20.5. The van der Waals surface area contributed by atoms with Crippen molar-refractivity contribution in [3.63, 3.8) is 0 Å². The summed E-state index contributed by atoms with van der Waals surface area (Å²) in [5.41, 5.74) is 4.68. The van der Waals surface area contributed by atoms with Crippen LogP contribution in [0.1, 0.15) is 53.9 Å². The highest BCUT2D eigenvalue weighted by molar-refractivity contribution is 5.95. The van der Waals surface area contributed by atoms with Gasteiger partial charge in [-0.1, -0.05) is 23.8 Å². The number of anilines is 1. The molecule has 0 saturated carbocycles.